The predicted molar refractivity (Wildman–Crippen MR) is 62.4 cm³/mol. The minimum absolute atomic E-state index is 0.0982. The highest BCUT2D eigenvalue weighted by Crippen LogP contribution is 2.28. The summed E-state index contributed by atoms with van der Waals surface area (Å²) in [5.74, 6) is 0.278. The van der Waals surface area contributed by atoms with Crippen molar-refractivity contribution in [2.24, 2.45) is 0 Å². The van der Waals surface area contributed by atoms with E-state index in [1.165, 1.54) is 17.8 Å². The monoisotopic (exact) mass is 308 g/mol. The van der Waals surface area contributed by atoms with Crippen LogP contribution in [0.25, 0.3) is 0 Å². The second-order valence-electron chi connectivity index (χ2n) is 2.89. The first kappa shape index (κ1) is 13.4. The Morgan fingerprint density at radius 1 is 1.69 bits per heavy atom. The Morgan fingerprint density at radius 3 is 2.88 bits per heavy atom. The third kappa shape index (κ3) is 3.71. The van der Waals surface area contributed by atoms with Crippen LogP contribution in [0.5, 0.6) is 0 Å². The van der Waals surface area contributed by atoms with Crippen LogP contribution in [-0.2, 0) is 0 Å². The quantitative estimate of drug-likeness (QED) is 0.482. The molecule has 0 aromatic carbocycles. The number of aromatic nitrogens is 1. The Hall–Kier alpha value is -0.700. The van der Waals surface area contributed by atoms with Gasteiger partial charge < -0.3 is 10.2 Å². The summed E-state index contributed by atoms with van der Waals surface area (Å²) < 4.78 is 0.497. The van der Waals surface area contributed by atoms with Crippen LogP contribution in [-0.4, -0.2) is 38.6 Å². The van der Waals surface area contributed by atoms with E-state index in [-0.39, 0.29) is 18.0 Å². The molecule has 1 atom stereocenters. The van der Waals surface area contributed by atoms with Gasteiger partial charge in [-0.3, -0.25) is 10.1 Å². The molecule has 0 spiro atoms. The summed E-state index contributed by atoms with van der Waals surface area (Å²) in [5, 5.41) is 28.7. The number of aliphatic hydroxyl groups excluding tert-OH is 2. The number of aliphatic hydroxyl groups is 2. The molecule has 0 saturated carbocycles. The molecule has 1 heterocycles. The fourth-order valence-corrected chi connectivity index (χ4v) is 2.31. The van der Waals surface area contributed by atoms with Gasteiger partial charge in [0.05, 0.1) is 22.1 Å². The molecule has 0 aliphatic heterocycles. The second-order valence-corrected chi connectivity index (χ2v) is 4.75. The summed E-state index contributed by atoms with van der Waals surface area (Å²) in [6, 6.07) is 1.35. The van der Waals surface area contributed by atoms with Crippen molar-refractivity contribution in [3.63, 3.8) is 0 Å². The number of nitro groups is 1. The first-order valence-corrected chi connectivity index (χ1v) is 6.04. The van der Waals surface area contributed by atoms with Crippen LogP contribution in [0.3, 0.4) is 0 Å². The average Bonchev–Trinajstić information content (AvgIpc) is 2.26. The van der Waals surface area contributed by atoms with Crippen LogP contribution < -0.4 is 0 Å². The van der Waals surface area contributed by atoms with Gasteiger partial charge in [0, 0.05) is 11.8 Å². The molecule has 1 unspecified atom stereocenters. The molecule has 1 rings (SSSR count). The number of rotatable bonds is 5. The first-order chi connectivity index (χ1) is 7.54. The SMILES string of the molecule is O=[N+]([O-])c1cnc(SCC(O)CO)c(Br)c1. The van der Waals surface area contributed by atoms with Crippen molar-refractivity contribution < 1.29 is 15.1 Å². The number of halogens is 1. The van der Waals surface area contributed by atoms with Crippen molar-refractivity contribution in [1.29, 1.82) is 0 Å². The van der Waals surface area contributed by atoms with Gasteiger partial charge in [0.15, 0.2) is 0 Å². The lowest BCUT2D eigenvalue weighted by atomic mass is 10.4. The van der Waals surface area contributed by atoms with Gasteiger partial charge in [-0.2, -0.15) is 0 Å². The Labute approximate surface area is 104 Å². The van der Waals surface area contributed by atoms with E-state index in [0.29, 0.717) is 9.50 Å². The lowest BCUT2D eigenvalue weighted by molar-refractivity contribution is -0.385. The molecule has 0 bridgehead atoms. The van der Waals surface area contributed by atoms with Gasteiger partial charge in [-0.05, 0) is 15.9 Å². The fourth-order valence-electron chi connectivity index (χ4n) is 0.849. The van der Waals surface area contributed by atoms with Gasteiger partial charge in [-0.1, -0.05) is 0 Å². The summed E-state index contributed by atoms with van der Waals surface area (Å²) in [4.78, 5) is 13.8. The van der Waals surface area contributed by atoms with Gasteiger partial charge in [-0.15, -0.1) is 11.8 Å². The van der Waals surface area contributed by atoms with E-state index in [0.717, 1.165) is 6.20 Å². The summed E-state index contributed by atoms with van der Waals surface area (Å²) >= 11 is 4.37. The van der Waals surface area contributed by atoms with Crippen molar-refractivity contribution in [1.82, 2.24) is 4.98 Å². The third-order valence-electron chi connectivity index (χ3n) is 1.63. The lowest BCUT2D eigenvalue weighted by Gasteiger charge is -2.06. The highest BCUT2D eigenvalue weighted by Gasteiger charge is 2.12. The van der Waals surface area contributed by atoms with Crippen molar-refractivity contribution in [3.8, 4) is 0 Å². The number of pyridine rings is 1. The molecule has 1 aromatic rings. The third-order valence-corrected chi connectivity index (χ3v) is 3.64. The van der Waals surface area contributed by atoms with E-state index >= 15 is 0 Å². The molecule has 8 heteroatoms. The van der Waals surface area contributed by atoms with Crippen LogP contribution in [0.15, 0.2) is 21.8 Å². The molecular weight excluding hydrogens is 300 g/mol. The van der Waals surface area contributed by atoms with Gasteiger partial charge in [0.1, 0.15) is 11.2 Å². The van der Waals surface area contributed by atoms with Crippen LogP contribution in [0.2, 0.25) is 0 Å². The molecule has 0 amide bonds. The maximum Gasteiger partial charge on any atom is 0.288 e. The lowest BCUT2D eigenvalue weighted by Crippen LogP contribution is -2.14. The fraction of sp³-hybridized carbons (Fsp3) is 0.375. The molecule has 0 aliphatic carbocycles. The van der Waals surface area contributed by atoms with Crippen LogP contribution in [0.4, 0.5) is 5.69 Å². The van der Waals surface area contributed by atoms with Crippen molar-refractivity contribution in [2.75, 3.05) is 12.4 Å². The number of nitrogens with zero attached hydrogens (tertiary/aromatic N) is 2. The number of hydrogen-bond donors (Lipinski definition) is 2. The molecule has 0 aliphatic rings. The zero-order chi connectivity index (χ0) is 12.1. The zero-order valence-corrected chi connectivity index (χ0v) is 10.4. The highest BCUT2D eigenvalue weighted by molar-refractivity contribution is 9.10. The Balaban J connectivity index is 2.72. The highest BCUT2D eigenvalue weighted by atomic mass is 79.9. The summed E-state index contributed by atoms with van der Waals surface area (Å²) in [6.07, 6.45) is 0.326. The second kappa shape index (κ2) is 6.14. The molecule has 16 heavy (non-hydrogen) atoms. The molecule has 0 radical (unpaired) electrons. The van der Waals surface area contributed by atoms with E-state index in [2.05, 4.69) is 20.9 Å². The number of hydrogen-bond acceptors (Lipinski definition) is 6. The predicted octanol–water partition coefficient (Wildman–Crippen LogP) is 1.20. The average molecular weight is 309 g/mol. The largest absolute Gasteiger partial charge is 0.394 e. The summed E-state index contributed by atoms with van der Waals surface area (Å²) in [5.41, 5.74) is -0.0982. The van der Waals surface area contributed by atoms with E-state index in [4.69, 9.17) is 10.2 Å². The summed E-state index contributed by atoms with van der Waals surface area (Å²) in [7, 11) is 0. The van der Waals surface area contributed by atoms with Gasteiger partial charge in [-0.25, -0.2) is 4.98 Å². The van der Waals surface area contributed by atoms with Crippen LogP contribution >= 0.6 is 27.7 Å². The van der Waals surface area contributed by atoms with E-state index in [1.807, 2.05) is 0 Å². The van der Waals surface area contributed by atoms with Crippen LogP contribution in [0, 0.1) is 10.1 Å². The van der Waals surface area contributed by atoms with E-state index in [9.17, 15) is 10.1 Å². The van der Waals surface area contributed by atoms with Crippen molar-refractivity contribution in [3.05, 3.63) is 26.9 Å². The van der Waals surface area contributed by atoms with Gasteiger partial charge in [0.25, 0.3) is 5.69 Å². The Morgan fingerprint density at radius 2 is 2.38 bits per heavy atom. The topological polar surface area (TPSA) is 96.5 Å². The standard InChI is InChI=1S/C8H9BrN2O4S/c9-7-1-5(11(14)15)2-10-8(7)16-4-6(13)3-12/h1-2,6,12-13H,3-4H2. The van der Waals surface area contributed by atoms with Gasteiger partial charge in [0.2, 0.25) is 0 Å². The molecule has 2 N–H and O–H groups in total. The minimum Gasteiger partial charge on any atom is -0.394 e. The molecule has 0 fully saturated rings. The van der Waals surface area contributed by atoms with E-state index in [1.54, 1.807) is 0 Å². The smallest absolute Gasteiger partial charge is 0.288 e. The summed E-state index contributed by atoms with van der Waals surface area (Å²) in [6.45, 7) is -0.322. The normalized spacial score (nSPS) is 12.4. The van der Waals surface area contributed by atoms with Crippen molar-refractivity contribution in [2.45, 2.75) is 11.1 Å². The molecule has 1 aromatic heterocycles. The van der Waals surface area contributed by atoms with Gasteiger partial charge >= 0.3 is 0 Å². The Kier molecular flexibility index (Phi) is 5.13. The first-order valence-electron chi connectivity index (χ1n) is 4.26. The Bertz CT molecular complexity index is 390. The molecule has 88 valence electrons. The zero-order valence-electron chi connectivity index (χ0n) is 8.04. The maximum absolute atomic E-state index is 10.4. The molecule has 6 nitrogen and oxygen atoms in total. The van der Waals surface area contributed by atoms with E-state index < -0.39 is 11.0 Å². The minimum atomic E-state index is -0.825. The molecule has 0 saturated heterocycles. The molecular formula is C8H9BrN2O4S. The number of thioether (sulfide) groups is 1. The maximum atomic E-state index is 10.4. The van der Waals surface area contributed by atoms with Crippen molar-refractivity contribution >= 4 is 33.4 Å². The van der Waals surface area contributed by atoms with Crippen LogP contribution in [0.1, 0.15) is 0 Å².